The van der Waals surface area contributed by atoms with Crippen molar-refractivity contribution >= 4 is 9.84 Å². The van der Waals surface area contributed by atoms with E-state index in [1.807, 2.05) is 0 Å². The molecule has 1 fully saturated rings. The number of nitrogens with one attached hydrogen (secondary N) is 2. The topological polar surface area (TPSA) is 58.2 Å². The van der Waals surface area contributed by atoms with E-state index >= 15 is 0 Å². The van der Waals surface area contributed by atoms with Gasteiger partial charge in [-0.05, 0) is 44.8 Å². The van der Waals surface area contributed by atoms with Gasteiger partial charge in [0.2, 0.25) is 0 Å². The first-order valence-electron chi connectivity index (χ1n) is 7.15. The van der Waals surface area contributed by atoms with E-state index in [4.69, 9.17) is 0 Å². The fourth-order valence-corrected chi connectivity index (χ4v) is 4.08. The summed E-state index contributed by atoms with van der Waals surface area (Å²) >= 11 is 0. The van der Waals surface area contributed by atoms with Gasteiger partial charge in [0, 0.05) is 6.54 Å². The number of hydrogen-bond donors (Lipinski definition) is 2. The van der Waals surface area contributed by atoms with Crippen LogP contribution in [-0.2, 0) is 9.84 Å². The van der Waals surface area contributed by atoms with E-state index in [-0.39, 0.29) is 5.25 Å². The van der Waals surface area contributed by atoms with Gasteiger partial charge in [-0.1, -0.05) is 20.3 Å². The second-order valence-corrected chi connectivity index (χ2v) is 8.04. The van der Waals surface area contributed by atoms with Gasteiger partial charge in [-0.15, -0.1) is 0 Å². The summed E-state index contributed by atoms with van der Waals surface area (Å²) in [5.74, 6) is 1.07. The molecule has 0 aromatic heterocycles. The molecule has 0 bridgehead atoms. The third kappa shape index (κ3) is 6.16. The molecule has 0 radical (unpaired) electrons. The van der Waals surface area contributed by atoms with Crippen molar-refractivity contribution in [3.63, 3.8) is 0 Å². The summed E-state index contributed by atoms with van der Waals surface area (Å²) in [6, 6.07) is 0. The van der Waals surface area contributed by atoms with Crippen LogP contribution in [0, 0.1) is 5.92 Å². The zero-order valence-corrected chi connectivity index (χ0v) is 12.6. The minimum Gasteiger partial charge on any atom is -0.316 e. The highest BCUT2D eigenvalue weighted by Gasteiger charge is 2.27. The Morgan fingerprint density at radius 1 is 1.17 bits per heavy atom. The normalized spacial score (nSPS) is 23.4. The molecule has 1 atom stereocenters. The van der Waals surface area contributed by atoms with E-state index in [2.05, 4.69) is 24.5 Å². The Kier molecular flexibility index (Phi) is 7.19. The third-order valence-corrected chi connectivity index (χ3v) is 5.62. The molecule has 0 aromatic carbocycles. The van der Waals surface area contributed by atoms with E-state index in [1.54, 1.807) is 0 Å². The molecule has 1 rings (SSSR count). The highest BCUT2D eigenvalue weighted by Crippen LogP contribution is 2.18. The van der Waals surface area contributed by atoms with Crippen LogP contribution in [-0.4, -0.2) is 45.6 Å². The Labute approximate surface area is 112 Å². The summed E-state index contributed by atoms with van der Waals surface area (Å²) in [5.41, 5.74) is 0. The van der Waals surface area contributed by atoms with Crippen molar-refractivity contribution in [3.05, 3.63) is 0 Å². The van der Waals surface area contributed by atoms with Crippen molar-refractivity contribution < 1.29 is 8.42 Å². The van der Waals surface area contributed by atoms with Gasteiger partial charge in [0.15, 0.2) is 9.84 Å². The summed E-state index contributed by atoms with van der Waals surface area (Å²) in [5, 5.41) is 6.52. The second kappa shape index (κ2) is 8.12. The van der Waals surface area contributed by atoms with Gasteiger partial charge in [-0.2, -0.15) is 0 Å². The van der Waals surface area contributed by atoms with E-state index in [9.17, 15) is 8.42 Å². The van der Waals surface area contributed by atoms with Crippen LogP contribution in [0.25, 0.3) is 0 Å². The minimum atomic E-state index is -2.81. The maximum absolute atomic E-state index is 11.8. The Morgan fingerprint density at radius 3 is 2.56 bits per heavy atom. The average Bonchev–Trinajstić information content (AvgIpc) is 2.29. The molecule has 1 aliphatic rings. The highest BCUT2D eigenvalue weighted by molar-refractivity contribution is 7.92. The molecule has 18 heavy (non-hydrogen) atoms. The zero-order chi connectivity index (χ0) is 13.4. The fourth-order valence-electron chi connectivity index (χ4n) is 2.24. The van der Waals surface area contributed by atoms with Crippen LogP contribution in [0.3, 0.4) is 0 Å². The van der Waals surface area contributed by atoms with Crippen LogP contribution in [0.1, 0.15) is 39.5 Å². The van der Waals surface area contributed by atoms with Crippen LogP contribution < -0.4 is 10.6 Å². The van der Waals surface area contributed by atoms with Crippen molar-refractivity contribution in [2.75, 3.05) is 31.9 Å². The van der Waals surface area contributed by atoms with Crippen molar-refractivity contribution in [1.82, 2.24) is 10.6 Å². The first kappa shape index (κ1) is 15.9. The monoisotopic (exact) mass is 276 g/mol. The molecule has 1 aliphatic heterocycles. The van der Waals surface area contributed by atoms with Crippen LogP contribution >= 0.6 is 0 Å². The van der Waals surface area contributed by atoms with Gasteiger partial charge in [0.05, 0.1) is 11.0 Å². The summed E-state index contributed by atoms with van der Waals surface area (Å²) in [7, 11) is -2.81. The van der Waals surface area contributed by atoms with E-state index < -0.39 is 9.84 Å². The molecule has 1 unspecified atom stereocenters. The quantitative estimate of drug-likeness (QED) is 0.654. The largest absolute Gasteiger partial charge is 0.316 e. The highest BCUT2D eigenvalue weighted by atomic mass is 32.2. The Balaban J connectivity index is 2.04. The summed E-state index contributed by atoms with van der Waals surface area (Å²) in [4.78, 5) is 0. The Bertz CT molecular complexity index is 315. The molecule has 108 valence electrons. The minimum absolute atomic E-state index is 0.144. The number of hydrogen-bond acceptors (Lipinski definition) is 4. The SMILES string of the molecule is CC(C)CNCCCNCC1CCCCS1(=O)=O. The van der Waals surface area contributed by atoms with E-state index in [0.717, 1.165) is 45.3 Å². The summed E-state index contributed by atoms with van der Waals surface area (Å²) < 4.78 is 23.5. The van der Waals surface area contributed by atoms with Gasteiger partial charge in [-0.3, -0.25) is 0 Å². The maximum atomic E-state index is 11.8. The molecular formula is C13H28N2O2S. The van der Waals surface area contributed by atoms with Gasteiger partial charge < -0.3 is 10.6 Å². The number of rotatable bonds is 8. The molecule has 1 saturated heterocycles. The first-order chi connectivity index (χ1) is 8.52. The predicted octanol–water partition coefficient (Wildman–Crippen LogP) is 1.18. The standard InChI is InChI=1S/C13H28N2O2S/c1-12(2)10-14-7-5-8-15-11-13-6-3-4-9-18(13,16)17/h12-15H,3-11H2,1-2H3. The van der Waals surface area contributed by atoms with E-state index in [0.29, 0.717) is 18.2 Å². The average molecular weight is 276 g/mol. The predicted molar refractivity (Wildman–Crippen MR) is 76.6 cm³/mol. The lowest BCUT2D eigenvalue weighted by Crippen LogP contribution is -2.38. The fraction of sp³-hybridized carbons (Fsp3) is 1.00. The van der Waals surface area contributed by atoms with Crippen LogP contribution in [0.4, 0.5) is 0 Å². The molecule has 2 N–H and O–H groups in total. The van der Waals surface area contributed by atoms with Crippen LogP contribution in [0.15, 0.2) is 0 Å². The van der Waals surface area contributed by atoms with Gasteiger partial charge in [-0.25, -0.2) is 8.42 Å². The lowest BCUT2D eigenvalue weighted by molar-refractivity contribution is 0.505. The van der Waals surface area contributed by atoms with Gasteiger partial charge >= 0.3 is 0 Å². The molecule has 5 heteroatoms. The molecule has 0 amide bonds. The van der Waals surface area contributed by atoms with Crippen molar-refractivity contribution in [3.8, 4) is 0 Å². The zero-order valence-electron chi connectivity index (χ0n) is 11.7. The molecular weight excluding hydrogens is 248 g/mol. The molecule has 0 saturated carbocycles. The van der Waals surface area contributed by atoms with Crippen molar-refractivity contribution in [1.29, 1.82) is 0 Å². The van der Waals surface area contributed by atoms with Crippen molar-refractivity contribution in [2.45, 2.75) is 44.8 Å². The van der Waals surface area contributed by atoms with Crippen LogP contribution in [0.5, 0.6) is 0 Å². The third-order valence-electron chi connectivity index (χ3n) is 3.34. The summed E-state index contributed by atoms with van der Waals surface area (Å²) in [6.45, 7) is 7.97. The Hall–Kier alpha value is -0.130. The summed E-state index contributed by atoms with van der Waals surface area (Å²) in [6.07, 6.45) is 3.79. The van der Waals surface area contributed by atoms with Crippen molar-refractivity contribution in [2.24, 2.45) is 5.92 Å². The second-order valence-electron chi connectivity index (χ2n) is 5.64. The molecule has 1 heterocycles. The van der Waals surface area contributed by atoms with Gasteiger partial charge in [0.25, 0.3) is 0 Å². The lowest BCUT2D eigenvalue weighted by atomic mass is 10.2. The molecule has 4 nitrogen and oxygen atoms in total. The molecule has 0 aliphatic carbocycles. The molecule has 0 aromatic rings. The lowest BCUT2D eigenvalue weighted by Gasteiger charge is -2.22. The van der Waals surface area contributed by atoms with Gasteiger partial charge in [0.1, 0.15) is 0 Å². The number of sulfone groups is 1. The first-order valence-corrected chi connectivity index (χ1v) is 8.87. The smallest absolute Gasteiger partial charge is 0.154 e. The van der Waals surface area contributed by atoms with E-state index in [1.165, 1.54) is 0 Å². The Morgan fingerprint density at radius 2 is 1.89 bits per heavy atom. The molecule has 0 spiro atoms. The van der Waals surface area contributed by atoms with Crippen LogP contribution in [0.2, 0.25) is 0 Å². The maximum Gasteiger partial charge on any atom is 0.154 e.